The molecule has 1 heterocycles. The average Bonchev–Trinajstić information content (AvgIpc) is 2.75. The maximum absolute atomic E-state index is 8.58. The van der Waals surface area contributed by atoms with Crippen LogP contribution in [0.3, 0.4) is 0 Å². The Bertz CT molecular complexity index is 310. The lowest BCUT2D eigenvalue weighted by Crippen LogP contribution is -2.33. The molecule has 88 valence electrons. The number of nitrogens with zero attached hydrogens (tertiary/aromatic N) is 4. The molecule has 16 heavy (non-hydrogen) atoms. The monoisotopic (exact) mass is 220 g/mol. The van der Waals surface area contributed by atoms with Gasteiger partial charge in [0.25, 0.3) is 0 Å². The zero-order valence-electron chi connectivity index (χ0n) is 10.1. The topological polar surface area (TPSA) is 44.9 Å². The molecule has 0 unspecified atom stereocenters. The molecule has 0 aromatic carbocycles. The first-order chi connectivity index (χ1) is 7.74. The molecule has 0 saturated heterocycles. The molecular weight excluding hydrogens is 200 g/mol. The van der Waals surface area contributed by atoms with E-state index < -0.39 is 0 Å². The third-order valence-corrected chi connectivity index (χ3v) is 2.66. The molecule has 0 bridgehead atoms. The van der Waals surface area contributed by atoms with Crippen LogP contribution < -0.4 is 0 Å². The van der Waals surface area contributed by atoms with E-state index in [1.807, 2.05) is 12.5 Å². The van der Waals surface area contributed by atoms with Gasteiger partial charge in [0.15, 0.2) is 0 Å². The molecule has 0 radical (unpaired) electrons. The molecule has 0 spiro atoms. The van der Waals surface area contributed by atoms with Gasteiger partial charge in [-0.25, -0.2) is 4.98 Å². The van der Waals surface area contributed by atoms with Gasteiger partial charge in [0, 0.05) is 44.5 Å². The molecule has 1 aromatic rings. The van der Waals surface area contributed by atoms with Crippen molar-refractivity contribution in [3.05, 3.63) is 18.7 Å². The fourth-order valence-corrected chi connectivity index (χ4v) is 1.70. The van der Waals surface area contributed by atoms with Crippen LogP contribution in [0.1, 0.15) is 26.7 Å². The summed E-state index contributed by atoms with van der Waals surface area (Å²) in [6, 6.07) is 2.71. The van der Waals surface area contributed by atoms with Crippen LogP contribution in [0, 0.1) is 11.3 Å². The summed E-state index contributed by atoms with van der Waals surface area (Å²) < 4.78 is 2.09. The molecule has 0 fully saturated rings. The molecule has 0 N–H and O–H groups in total. The Morgan fingerprint density at radius 1 is 1.44 bits per heavy atom. The van der Waals surface area contributed by atoms with Gasteiger partial charge < -0.3 is 4.57 Å². The summed E-state index contributed by atoms with van der Waals surface area (Å²) in [5.41, 5.74) is 0. The maximum Gasteiger partial charge on any atom is 0.0945 e. The first kappa shape index (κ1) is 12.7. The highest BCUT2D eigenvalue weighted by atomic mass is 15.1. The minimum absolute atomic E-state index is 0.510. The highest BCUT2D eigenvalue weighted by molar-refractivity contribution is 4.76. The Hall–Kier alpha value is -1.34. The van der Waals surface area contributed by atoms with E-state index in [9.17, 15) is 0 Å². The van der Waals surface area contributed by atoms with Crippen molar-refractivity contribution in [2.45, 2.75) is 39.3 Å². The van der Waals surface area contributed by atoms with Crippen molar-refractivity contribution in [2.75, 3.05) is 13.1 Å². The number of aryl methyl sites for hydroxylation is 1. The lowest BCUT2D eigenvalue weighted by atomic mass is 10.2. The van der Waals surface area contributed by atoms with E-state index in [1.165, 1.54) is 0 Å². The Kier molecular flexibility index (Phi) is 5.58. The number of nitriles is 1. The van der Waals surface area contributed by atoms with Crippen molar-refractivity contribution in [2.24, 2.45) is 0 Å². The van der Waals surface area contributed by atoms with Crippen LogP contribution in [0.15, 0.2) is 18.7 Å². The van der Waals surface area contributed by atoms with Gasteiger partial charge in [0.1, 0.15) is 0 Å². The van der Waals surface area contributed by atoms with Crippen molar-refractivity contribution in [3.8, 4) is 6.07 Å². The standard InChI is InChI=1S/C12H20N4/c1-12(2)16(8-3-5-13)9-4-7-15-10-6-14-11-15/h6,10-12H,3-4,7-9H2,1-2H3. The third kappa shape index (κ3) is 4.45. The Morgan fingerprint density at radius 3 is 2.81 bits per heavy atom. The fraction of sp³-hybridized carbons (Fsp3) is 0.667. The summed E-state index contributed by atoms with van der Waals surface area (Å²) in [7, 11) is 0. The Labute approximate surface area is 97.5 Å². The quantitative estimate of drug-likeness (QED) is 0.705. The second-order valence-corrected chi connectivity index (χ2v) is 4.19. The molecular formula is C12H20N4. The highest BCUT2D eigenvalue weighted by Crippen LogP contribution is 2.02. The lowest BCUT2D eigenvalue weighted by molar-refractivity contribution is 0.220. The van der Waals surface area contributed by atoms with Crippen molar-refractivity contribution < 1.29 is 0 Å². The predicted octanol–water partition coefficient (Wildman–Crippen LogP) is 1.90. The first-order valence-corrected chi connectivity index (χ1v) is 5.80. The van der Waals surface area contributed by atoms with Crippen molar-refractivity contribution in [1.82, 2.24) is 14.5 Å². The molecule has 0 amide bonds. The van der Waals surface area contributed by atoms with Gasteiger partial charge in [-0.05, 0) is 20.3 Å². The Balaban J connectivity index is 2.24. The van der Waals surface area contributed by atoms with Crippen LogP contribution in [0.5, 0.6) is 0 Å². The molecule has 0 aliphatic rings. The second-order valence-electron chi connectivity index (χ2n) is 4.19. The number of rotatable bonds is 7. The Morgan fingerprint density at radius 2 is 2.25 bits per heavy atom. The number of hydrogen-bond donors (Lipinski definition) is 0. The van der Waals surface area contributed by atoms with E-state index in [4.69, 9.17) is 5.26 Å². The molecule has 4 heteroatoms. The summed E-state index contributed by atoms with van der Waals surface area (Å²) in [4.78, 5) is 6.36. The SMILES string of the molecule is CC(C)N(CCC#N)CCCn1ccnc1. The molecule has 4 nitrogen and oxygen atoms in total. The van der Waals surface area contributed by atoms with Gasteiger partial charge in [-0.1, -0.05) is 0 Å². The van der Waals surface area contributed by atoms with E-state index in [0.29, 0.717) is 12.5 Å². The van der Waals surface area contributed by atoms with E-state index in [1.54, 1.807) is 6.20 Å². The smallest absolute Gasteiger partial charge is 0.0945 e. The first-order valence-electron chi connectivity index (χ1n) is 5.80. The largest absolute Gasteiger partial charge is 0.337 e. The second kappa shape index (κ2) is 7.02. The minimum atomic E-state index is 0.510. The zero-order chi connectivity index (χ0) is 11.8. The summed E-state index contributed by atoms with van der Waals surface area (Å²) in [5, 5.41) is 8.58. The van der Waals surface area contributed by atoms with Gasteiger partial charge >= 0.3 is 0 Å². The van der Waals surface area contributed by atoms with Crippen molar-refractivity contribution >= 4 is 0 Å². The van der Waals surface area contributed by atoms with E-state index >= 15 is 0 Å². The molecule has 1 rings (SSSR count). The molecule has 0 atom stereocenters. The van der Waals surface area contributed by atoms with Crippen molar-refractivity contribution in [1.29, 1.82) is 5.26 Å². The number of hydrogen-bond acceptors (Lipinski definition) is 3. The van der Waals surface area contributed by atoms with Gasteiger partial charge in [-0.2, -0.15) is 5.26 Å². The molecule has 0 aliphatic heterocycles. The maximum atomic E-state index is 8.58. The van der Waals surface area contributed by atoms with E-state index in [-0.39, 0.29) is 0 Å². The van der Waals surface area contributed by atoms with Crippen LogP contribution in [-0.2, 0) is 6.54 Å². The zero-order valence-corrected chi connectivity index (χ0v) is 10.1. The van der Waals surface area contributed by atoms with Crippen LogP contribution in [0.2, 0.25) is 0 Å². The number of imidazole rings is 1. The van der Waals surface area contributed by atoms with E-state index in [0.717, 1.165) is 26.1 Å². The third-order valence-electron chi connectivity index (χ3n) is 2.66. The minimum Gasteiger partial charge on any atom is -0.337 e. The van der Waals surface area contributed by atoms with Crippen LogP contribution >= 0.6 is 0 Å². The van der Waals surface area contributed by atoms with Crippen molar-refractivity contribution in [3.63, 3.8) is 0 Å². The summed E-state index contributed by atoms with van der Waals surface area (Å²) in [6.45, 7) is 7.26. The fourth-order valence-electron chi connectivity index (χ4n) is 1.70. The average molecular weight is 220 g/mol. The molecule has 0 aliphatic carbocycles. The van der Waals surface area contributed by atoms with Gasteiger partial charge in [-0.15, -0.1) is 0 Å². The normalized spacial score (nSPS) is 10.9. The molecule has 1 aromatic heterocycles. The number of aromatic nitrogens is 2. The van der Waals surface area contributed by atoms with Crippen LogP contribution in [-0.4, -0.2) is 33.6 Å². The molecule has 0 saturated carbocycles. The van der Waals surface area contributed by atoms with E-state index in [2.05, 4.69) is 34.4 Å². The summed E-state index contributed by atoms with van der Waals surface area (Å²) in [6.07, 6.45) is 7.34. The highest BCUT2D eigenvalue weighted by Gasteiger charge is 2.07. The lowest BCUT2D eigenvalue weighted by Gasteiger charge is -2.25. The summed E-state index contributed by atoms with van der Waals surface area (Å²) >= 11 is 0. The van der Waals surface area contributed by atoms with Crippen LogP contribution in [0.25, 0.3) is 0 Å². The van der Waals surface area contributed by atoms with Gasteiger partial charge in [0.05, 0.1) is 12.4 Å². The predicted molar refractivity (Wildman–Crippen MR) is 63.8 cm³/mol. The van der Waals surface area contributed by atoms with Gasteiger partial charge in [-0.3, -0.25) is 4.90 Å². The van der Waals surface area contributed by atoms with Gasteiger partial charge in [0.2, 0.25) is 0 Å². The summed E-state index contributed by atoms with van der Waals surface area (Å²) in [5.74, 6) is 0. The van der Waals surface area contributed by atoms with Crippen LogP contribution in [0.4, 0.5) is 0 Å².